The van der Waals surface area contributed by atoms with E-state index in [4.69, 9.17) is 16.3 Å². The molecule has 0 bridgehead atoms. The van der Waals surface area contributed by atoms with Gasteiger partial charge in [-0.2, -0.15) is 0 Å². The molecule has 0 spiro atoms. The van der Waals surface area contributed by atoms with Gasteiger partial charge in [-0.25, -0.2) is 0 Å². The van der Waals surface area contributed by atoms with E-state index in [0.717, 1.165) is 23.9 Å². The van der Waals surface area contributed by atoms with Gasteiger partial charge in [-0.05, 0) is 25.5 Å². The molecular weight excluding hydrogens is 218 g/mol. The maximum Gasteiger partial charge on any atom is 0.0931 e. The number of halogens is 1. The minimum absolute atomic E-state index is 0.482. The van der Waals surface area contributed by atoms with Crippen LogP contribution in [0.2, 0.25) is 4.34 Å². The molecular formula is C10H16ClNOS. The van der Waals surface area contributed by atoms with E-state index < -0.39 is 0 Å². The smallest absolute Gasteiger partial charge is 0.0931 e. The molecule has 0 aliphatic heterocycles. The third-order valence-corrected chi connectivity index (χ3v) is 3.24. The zero-order valence-corrected chi connectivity index (χ0v) is 10.1. The molecule has 0 saturated heterocycles. The summed E-state index contributed by atoms with van der Waals surface area (Å²) in [6.07, 6.45) is 1.04. The summed E-state index contributed by atoms with van der Waals surface area (Å²) in [4.78, 5) is 1.28. The largest absolute Gasteiger partial charge is 0.385 e. The van der Waals surface area contributed by atoms with Crippen LogP contribution in [0.1, 0.15) is 18.2 Å². The summed E-state index contributed by atoms with van der Waals surface area (Å²) in [5.41, 5.74) is 0. The lowest BCUT2D eigenvalue weighted by molar-refractivity contribution is 0.185. The summed E-state index contributed by atoms with van der Waals surface area (Å²) in [7, 11) is 1.73. The standard InChI is InChI=1S/C10H16ClNOS/c1-8(5-6-13-2)12-7-9-3-4-10(11)14-9/h3-4,8,12H,5-7H2,1-2H3. The first kappa shape index (κ1) is 12.0. The summed E-state index contributed by atoms with van der Waals surface area (Å²) >= 11 is 7.46. The second-order valence-electron chi connectivity index (χ2n) is 3.27. The number of rotatable bonds is 6. The van der Waals surface area contributed by atoms with Gasteiger partial charge in [-0.1, -0.05) is 11.6 Å². The van der Waals surface area contributed by atoms with Crippen molar-refractivity contribution in [3.8, 4) is 0 Å². The first-order valence-corrected chi connectivity index (χ1v) is 5.88. The zero-order valence-electron chi connectivity index (χ0n) is 8.55. The predicted octanol–water partition coefficient (Wildman–Crippen LogP) is 2.92. The Balaban J connectivity index is 2.20. The first-order chi connectivity index (χ1) is 6.72. The Hall–Kier alpha value is -0.0900. The highest BCUT2D eigenvalue weighted by Gasteiger charge is 2.02. The van der Waals surface area contributed by atoms with Gasteiger partial charge in [-0.3, -0.25) is 0 Å². The molecule has 4 heteroatoms. The monoisotopic (exact) mass is 233 g/mol. The van der Waals surface area contributed by atoms with Crippen LogP contribution in [-0.2, 0) is 11.3 Å². The Morgan fingerprint density at radius 1 is 1.57 bits per heavy atom. The molecule has 0 aliphatic carbocycles. The average Bonchev–Trinajstić information content (AvgIpc) is 2.58. The van der Waals surface area contributed by atoms with Gasteiger partial charge >= 0.3 is 0 Å². The molecule has 0 fully saturated rings. The lowest BCUT2D eigenvalue weighted by atomic mass is 10.2. The molecule has 14 heavy (non-hydrogen) atoms. The molecule has 0 aliphatic rings. The Bertz CT molecular complexity index is 264. The number of thiophene rings is 1. The summed E-state index contributed by atoms with van der Waals surface area (Å²) in [5.74, 6) is 0. The van der Waals surface area contributed by atoms with Crippen molar-refractivity contribution in [3.05, 3.63) is 21.3 Å². The molecule has 1 heterocycles. The lowest BCUT2D eigenvalue weighted by Crippen LogP contribution is -2.26. The van der Waals surface area contributed by atoms with Gasteiger partial charge in [0, 0.05) is 31.2 Å². The van der Waals surface area contributed by atoms with Crippen LogP contribution in [0.5, 0.6) is 0 Å². The number of hydrogen-bond acceptors (Lipinski definition) is 3. The van der Waals surface area contributed by atoms with E-state index in [2.05, 4.69) is 18.3 Å². The Kier molecular flexibility index (Phi) is 5.48. The van der Waals surface area contributed by atoms with Crippen molar-refractivity contribution in [2.75, 3.05) is 13.7 Å². The summed E-state index contributed by atoms with van der Waals surface area (Å²) in [6.45, 7) is 3.86. The number of methoxy groups -OCH3 is 1. The van der Waals surface area contributed by atoms with Crippen molar-refractivity contribution in [1.29, 1.82) is 0 Å². The van der Waals surface area contributed by atoms with E-state index >= 15 is 0 Å². The normalized spacial score (nSPS) is 13.1. The van der Waals surface area contributed by atoms with Crippen LogP contribution in [0.3, 0.4) is 0 Å². The fraction of sp³-hybridized carbons (Fsp3) is 0.600. The van der Waals surface area contributed by atoms with E-state index in [9.17, 15) is 0 Å². The molecule has 1 aromatic rings. The minimum atomic E-state index is 0.482. The Labute approximate surface area is 94.2 Å². The average molecular weight is 234 g/mol. The van der Waals surface area contributed by atoms with E-state index in [1.807, 2.05) is 6.07 Å². The molecule has 80 valence electrons. The summed E-state index contributed by atoms with van der Waals surface area (Å²) in [5, 5.41) is 3.42. The molecule has 0 saturated carbocycles. The van der Waals surface area contributed by atoms with E-state index in [1.165, 1.54) is 4.88 Å². The van der Waals surface area contributed by atoms with Crippen molar-refractivity contribution >= 4 is 22.9 Å². The maximum atomic E-state index is 5.83. The van der Waals surface area contributed by atoms with E-state index in [-0.39, 0.29) is 0 Å². The SMILES string of the molecule is COCCC(C)NCc1ccc(Cl)s1. The van der Waals surface area contributed by atoms with Crippen LogP contribution in [0.15, 0.2) is 12.1 Å². The van der Waals surface area contributed by atoms with Gasteiger partial charge in [0.05, 0.1) is 4.34 Å². The van der Waals surface area contributed by atoms with Crippen molar-refractivity contribution in [2.45, 2.75) is 25.9 Å². The van der Waals surface area contributed by atoms with Gasteiger partial charge in [0.15, 0.2) is 0 Å². The first-order valence-electron chi connectivity index (χ1n) is 4.69. The number of hydrogen-bond donors (Lipinski definition) is 1. The third-order valence-electron chi connectivity index (χ3n) is 2.01. The summed E-state index contributed by atoms with van der Waals surface area (Å²) in [6, 6.07) is 4.47. The second kappa shape index (κ2) is 6.40. The highest BCUT2D eigenvalue weighted by atomic mass is 35.5. The second-order valence-corrected chi connectivity index (χ2v) is 5.07. The molecule has 1 N–H and O–H groups in total. The third kappa shape index (κ3) is 4.42. The van der Waals surface area contributed by atoms with Crippen LogP contribution in [0.4, 0.5) is 0 Å². The van der Waals surface area contributed by atoms with Crippen LogP contribution >= 0.6 is 22.9 Å². The van der Waals surface area contributed by atoms with Crippen molar-refractivity contribution < 1.29 is 4.74 Å². The molecule has 1 rings (SSSR count). The van der Waals surface area contributed by atoms with Crippen LogP contribution in [0.25, 0.3) is 0 Å². The lowest BCUT2D eigenvalue weighted by Gasteiger charge is -2.11. The van der Waals surface area contributed by atoms with Gasteiger partial charge in [0.2, 0.25) is 0 Å². The number of ether oxygens (including phenoxy) is 1. The van der Waals surface area contributed by atoms with Crippen LogP contribution < -0.4 is 5.32 Å². The highest BCUT2D eigenvalue weighted by molar-refractivity contribution is 7.16. The van der Waals surface area contributed by atoms with Gasteiger partial charge in [0.25, 0.3) is 0 Å². The quantitative estimate of drug-likeness (QED) is 0.816. The Morgan fingerprint density at radius 2 is 2.36 bits per heavy atom. The fourth-order valence-corrected chi connectivity index (χ4v) is 2.16. The van der Waals surface area contributed by atoms with Gasteiger partial charge in [-0.15, -0.1) is 11.3 Å². The van der Waals surface area contributed by atoms with Crippen molar-refractivity contribution in [3.63, 3.8) is 0 Å². The number of nitrogens with one attached hydrogen (secondary N) is 1. The van der Waals surface area contributed by atoms with Crippen molar-refractivity contribution in [2.24, 2.45) is 0 Å². The molecule has 0 radical (unpaired) electrons. The predicted molar refractivity (Wildman–Crippen MR) is 62.1 cm³/mol. The van der Waals surface area contributed by atoms with Crippen LogP contribution in [-0.4, -0.2) is 19.8 Å². The maximum absolute atomic E-state index is 5.83. The molecule has 0 aromatic carbocycles. The highest BCUT2D eigenvalue weighted by Crippen LogP contribution is 2.21. The molecule has 0 amide bonds. The van der Waals surface area contributed by atoms with E-state index in [0.29, 0.717) is 6.04 Å². The van der Waals surface area contributed by atoms with Crippen LogP contribution in [0, 0.1) is 0 Å². The molecule has 2 nitrogen and oxygen atoms in total. The molecule has 1 unspecified atom stereocenters. The minimum Gasteiger partial charge on any atom is -0.385 e. The summed E-state index contributed by atoms with van der Waals surface area (Å²) < 4.78 is 5.86. The zero-order chi connectivity index (χ0) is 10.4. The van der Waals surface area contributed by atoms with E-state index in [1.54, 1.807) is 18.4 Å². The molecule has 1 atom stereocenters. The topological polar surface area (TPSA) is 21.3 Å². The van der Waals surface area contributed by atoms with Gasteiger partial charge < -0.3 is 10.1 Å². The van der Waals surface area contributed by atoms with Crippen molar-refractivity contribution in [1.82, 2.24) is 5.32 Å². The molecule has 1 aromatic heterocycles. The van der Waals surface area contributed by atoms with Gasteiger partial charge in [0.1, 0.15) is 0 Å². The Morgan fingerprint density at radius 3 is 2.93 bits per heavy atom. The fourth-order valence-electron chi connectivity index (χ4n) is 1.12.